The zero-order valence-electron chi connectivity index (χ0n) is 23.0. The van der Waals surface area contributed by atoms with Gasteiger partial charge in [-0.25, -0.2) is 10.0 Å². The van der Waals surface area contributed by atoms with Crippen molar-refractivity contribution < 1.29 is 0 Å². The molecule has 202 valence electrons. The summed E-state index contributed by atoms with van der Waals surface area (Å²) in [6.45, 7) is 4.49. The van der Waals surface area contributed by atoms with Crippen LogP contribution < -0.4 is 10.0 Å². The van der Waals surface area contributed by atoms with Crippen molar-refractivity contribution in [2.75, 3.05) is 10.0 Å². The maximum atomic E-state index is 11.3. The first-order valence-corrected chi connectivity index (χ1v) is 14.4. The van der Waals surface area contributed by atoms with Gasteiger partial charge >= 0.3 is 0 Å². The first kappa shape index (κ1) is 31.5. The Labute approximate surface area is 220 Å². The lowest BCUT2D eigenvalue weighted by atomic mass is 10.1. The highest BCUT2D eigenvalue weighted by Crippen LogP contribution is 2.22. The van der Waals surface area contributed by atoms with Gasteiger partial charge in [0, 0.05) is 12.4 Å². The molecule has 0 aliphatic rings. The van der Waals surface area contributed by atoms with E-state index in [9.17, 15) is 9.81 Å². The number of nitrogens with zero attached hydrogens (tertiary/aromatic N) is 4. The standard InChI is InChI=1S/C30H50N4O2/c1-3-5-7-9-11-13-15-17-19-21-27-33(31-35)29-23-25-30(26-24-29)34(32-36)28-22-20-18-16-14-12-10-8-6-4-2/h21-28H,3-20H2,1-2H3. The Bertz CT molecular complexity index is 657. The van der Waals surface area contributed by atoms with Crippen LogP contribution in [0.2, 0.25) is 0 Å². The lowest BCUT2D eigenvalue weighted by molar-refractivity contribution is 0.577. The quantitative estimate of drug-likeness (QED) is 0.0807. The average Bonchev–Trinajstić information content (AvgIpc) is 2.91. The monoisotopic (exact) mass is 498 g/mol. The van der Waals surface area contributed by atoms with Gasteiger partial charge in [-0.2, -0.15) is 0 Å². The van der Waals surface area contributed by atoms with Gasteiger partial charge in [0.25, 0.3) is 0 Å². The zero-order chi connectivity index (χ0) is 26.1. The predicted octanol–water partition coefficient (Wildman–Crippen LogP) is 10.8. The van der Waals surface area contributed by atoms with Crippen molar-refractivity contribution in [3.05, 3.63) is 58.6 Å². The van der Waals surface area contributed by atoms with E-state index in [4.69, 9.17) is 0 Å². The fraction of sp³-hybridized carbons (Fsp3) is 0.667. The molecule has 36 heavy (non-hydrogen) atoms. The molecule has 0 aromatic heterocycles. The van der Waals surface area contributed by atoms with Crippen molar-refractivity contribution in [3.63, 3.8) is 0 Å². The summed E-state index contributed by atoms with van der Waals surface area (Å²) in [6, 6.07) is 7.12. The minimum absolute atomic E-state index is 0.662. The van der Waals surface area contributed by atoms with Crippen LogP contribution in [0.3, 0.4) is 0 Å². The van der Waals surface area contributed by atoms with Crippen molar-refractivity contribution in [3.8, 4) is 0 Å². The average molecular weight is 499 g/mol. The fourth-order valence-corrected chi connectivity index (χ4v) is 4.22. The van der Waals surface area contributed by atoms with Crippen molar-refractivity contribution in [2.24, 2.45) is 10.6 Å². The summed E-state index contributed by atoms with van der Waals surface area (Å²) in [4.78, 5) is 22.6. The van der Waals surface area contributed by atoms with Crippen molar-refractivity contribution in [1.82, 2.24) is 0 Å². The van der Waals surface area contributed by atoms with Gasteiger partial charge < -0.3 is 0 Å². The molecular formula is C30H50N4O2. The molecule has 0 bridgehead atoms. The summed E-state index contributed by atoms with van der Waals surface area (Å²) in [5.74, 6) is 0. The van der Waals surface area contributed by atoms with Crippen LogP contribution in [0, 0.1) is 9.81 Å². The first-order valence-electron chi connectivity index (χ1n) is 14.4. The van der Waals surface area contributed by atoms with Gasteiger partial charge in [-0.3, -0.25) is 0 Å². The molecule has 0 N–H and O–H groups in total. The maximum Gasteiger partial charge on any atom is 0.0679 e. The van der Waals surface area contributed by atoms with Crippen LogP contribution in [0.1, 0.15) is 129 Å². The summed E-state index contributed by atoms with van der Waals surface area (Å²) in [5, 5.41) is 8.89. The normalized spacial score (nSPS) is 11.4. The van der Waals surface area contributed by atoms with Gasteiger partial charge in [-0.15, -0.1) is 9.81 Å². The van der Waals surface area contributed by atoms with E-state index in [1.807, 2.05) is 12.2 Å². The van der Waals surface area contributed by atoms with E-state index < -0.39 is 0 Å². The van der Waals surface area contributed by atoms with Gasteiger partial charge in [0.05, 0.1) is 21.9 Å². The van der Waals surface area contributed by atoms with Crippen LogP contribution >= 0.6 is 0 Å². The van der Waals surface area contributed by atoms with Crippen LogP contribution in [0.5, 0.6) is 0 Å². The van der Waals surface area contributed by atoms with E-state index in [2.05, 4.69) is 24.4 Å². The molecule has 0 atom stereocenters. The molecule has 0 radical (unpaired) electrons. The van der Waals surface area contributed by atoms with Crippen molar-refractivity contribution in [2.45, 2.75) is 129 Å². The number of rotatable bonds is 24. The molecule has 0 spiro atoms. The summed E-state index contributed by atoms with van der Waals surface area (Å²) in [5.41, 5.74) is 1.32. The van der Waals surface area contributed by atoms with Crippen LogP contribution in [0.4, 0.5) is 11.4 Å². The van der Waals surface area contributed by atoms with Crippen molar-refractivity contribution >= 4 is 11.4 Å². The molecule has 0 aliphatic heterocycles. The second-order valence-electron chi connectivity index (χ2n) is 9.67. The Hall–Kier alpha value is -2.50. The Morgan fingerprint density at radius 1 is 0.528 bits per heavy atom. The predicted molar refractivity (Wildman–Crippen MR) is 156 cm³/mol. The highest BCUT2D eigenvalue weighted by atomic mass is 16.3. The number of unbranched alkanes of at least 4 members (excludes halogenated alkanes) is 16. The zero-order valence-corrected chi connectivity index (χ0v) is 23.0. The van der Waals surface area contributed by atoms with E-state index in [0.29, 0.717) is 11.4 Å². The third kappa shape index (κ3) is 15.5. The molecule has 1 aromatic carbocycles. The lowest BCUT2D eigenvalue weighted by Crippen LogP contribution is -2.08. The van der Waals surface area contributed by atoms with Crippen molar-refractivity contribution in [1.29, 1.82) is 0 Å². The smallest absolute Gasteiger partial charge is 0.0679 e. The number of allylic oxidation sites excluding steroid dienone is 2. The number of hydrogen-bond acceptors (Lipinski definition) is 4. The minimum atomic E-state index is 0.662. The SMILES string of the molecule is CCCCCCCCCCC=CN(N=O)c1ccc(N(C=CCCCCCCCCCC)N=O)cc1. The highest BCUT2D eigenvalue weighted by Gasteiger charge is 2.06. The number of benzene rings is 1. The van der Waals surface area contributed by atoms with Crippen LogP contribution in [-0.2, 0) is 0 Å². The Morgan fingerprint density at radius 2 is 0.833 bits per heavy atom. The summed E-state index contributed by atoms with van der Waals surface area (Å²) < 4.78 is 0. The summed E-state index contributed by atoms with van der Waals surface area (Å²) >= 11 is 0. The van der Waals surface area contributed by atoms with Gasteiger partial charge in [-0.05, 0) is 49.9 Å². The largest absolute Gasteiger partial charge is 0.205 e. The van der Waals surface area contributed by atoms with Crippen LogP contribution in [0.15, 0.2) is 59.4 Å². The van der Waals surface area contributed by atoms with Crippen LogP contribution in [0.25, 0.3) is 0 Å². The van der Waals surface area contributed by atoms with E-state index in [-0.39, 0.29) is 0 Å². The van der Waals surface area contributed by atoms with Gasteiger partial charge in [0.1, 0.15) is 0 Å². The molecule has 1 rings (SSSR count). The van der Waals surface area contributed by atoms with E-state index in [0.717, 1.165) is 25.7 Å². The molecule has 0 aliphatic carbocycles. The molecule has 6 nitrogen and oxygen atoms in total. The van der Waals surface area contributed by atoms with E-state index in [1.165, 1.54) is 99.9 Å². The molecule has 0 heterocycles. The van der Waals surface area contributed by atoms with E-state index in [1.54, 1.807) is 36.7 Å². The van der Waals surface area contributed by atoms with Gasteiger partial charge in [-0.1, -0.05) is 116 Å². The molecule has 0 amide bonds. The fourth-order valence-electron chi connectivity index (χ4n) is 4.22. The molecule has 1 aromatic rings. The third-order valence-electron chi connectivity index (χ3n) is 6.50. The highest BCUT2D eigenvalue weighted by molar-refractivity contribution is 5.57. The molecular weight excluding hydrogens is 448 g/mol. The number of nitroso groups, excluding NO2 is 2. The topological polar surface area (TPSA) is 65.3 Å². The third-order valence-corrected chi connectivity index (χ3v) is 6.50. The summed E-state index contributed by atoms with van der Waals surface area (Å²) in [6.07, 6.45) is 29.9. The Kier molecular flexibility index (Phi) is 20.1. The molecule has 0 fully saturated rings. The maximum absolute atomic E-state index is 11.3. The number of hydrogen-bond donors (Lipinski definition) is 0. The van der Waals surface area contributed by atoms with E-state index >= 15 is 0 Å². The molecule has 0 saturated carbocycles. The summed E-state index contributed by atoms with van der Waals surface area (Å²) in [7, 11) is 0. The van der Waals surface area contributed by atoms with Gasteiger partial charge in [0.2, 0.25) is 0 Å². The molecule has 0 unspecified atom stereocenters. The lowest BCUT2D eigenvalue weighted by Gasteiger charge is -2.13. The Balaban J connectivity index is 2.34. The minimum Gasteiger partial charge on any atom is -0.205 e. The Morgan fingerprint density at radius 3 is 1.14 bits per heavy atom. The number of anilines is 2. The molecule has 0 saturated heterocycles. The second-order valence-corrected chi connectivity index (χ2v) is 9.67. The second kappa shape index (κ2) is 22.9. The van der Waals surface area contributed by atoms with Crippen LogP contribution in [-0.4, -0.2) is 0 Å². The first-order chi connectivity index (χ1) is 17.8. The molecule has 6 heteroatoms. The van der Waals surface area contributed by atoms with Gasteiger partial charge in [0.15, 0.2) is 0 Å².